The summed E-state index contributed by atoms with van der Waals surface area (Å²) < 4.78 is 5.22. The van der Waals surface area contributed by atoms with Gasteiger partial charge < -0.3 is 4.52 Å². The Bertz CT molecular complexity index is 778. The van der Waals surface area contributed by atoms with Crippen molar-refractivity contribution >= 4 is 22.7 Å². The molecule has 3 nitrogen and oxygen atoms in total. The summed E-state index contributed by atoms with van der Waals surface area (Å²) >= 11 is 6.26. The number of hydrogen-bond donors (Lipinski definition) is 0. The second kappa shape index (κ2) is 5.94. The fraction of sp³-hybridized carbons (Fsp3) is 0.0588. The number of benzene rings is 2. The minimum Gasteiger partial charge on any atom is -0.333 e. The van der Waals surface area contributed by atoms with E-state index < -0.39 is 0 Å². The third-order valence-corrected chi connectivity index (χ3v) is 3.27. The summed E-state index contributed by atoms with van der Waals surface area (Å²) in [6.45, 7) is 2.03. The molecule has 3 aromatic rings. The average Bonchev–Trinajstić information content (AvgIpc) is 2.98. The van der Waals surface area contributed by atoms with Crippen molar-refractivity contribution in [3.05, 3.63) is 71.6 Å². The van der Waals surface area contributed by atoms with Crippen molar-refractivity contribution in [3.8, 4) is 11.4 Å². The van der Waals surface area contributed by atoms with Gasteiger partial charge in [-0.1, -0.05) is 76.9 Å². The summed E-state index contributed by atoms with van der Waals surface area (Å²) in [7, 11) is 0. The molecule has 2 aromatic carbocycles. The van der Waals surface area contributed by atoms with Crippen LogP contribution in [0.15, 0.2) is 59.1 Å². The number of rotatable bonds is 3. The van der Waals surface area contributed by atoms with Gasteiger partial charge in [-0.05, 0) is 18.6 Å². The van der Waals surface area contributed by atoms with Gasteiger partial charge in [0.1, 0.15) is 5.03 Å². The summed E-state index contributed by atoms with van der Waals surface area (Å²) in [6, 6.07) is 17.7. The topological polar surface area (TPSA) is 38.9 Å². The number of aryl methyl sites for hydroxylation is 1. The summed E-state index contributed by atoms with van der Waals surface area (Å²) in [4.78, 5) is 4.32. The molecule has 0 aliphatic carbocycles. The fourth-order valence-electron chi connectivity index (χ4n) is 1.99. The lowest BCUT2D eigenvalue weighted by Gasteiger charge is -1.96. The van der Waals surface area contributed by atoms with E-state index in [0.717, 1.165) is 11.1 Å². The highest BCUT2D eigenvalue weighted by Gasteiger charge is 2.11. The molecule has 0 spiro atoms. The van der Waals surface area contributed by atoms with Gasteiger partial charge in [0.05, 0.1) is 0 Å². The molecule has 4 heteroatoms. The summed E-state index contributed by atoms with van der Waals surface area (Å²) in [5, 5.41) is 4.38. The van der Waals surface area contributed by atoms with E-state index in [2.05, 4.69) is 10.1 Å². The second-order valence-electron chi connectivity index (χ2n) is 4.70. The van der Waals surface area contributed by atoms with Crippen molar-refractivity contribution in [3.63, 3.8) is 0 Å². The molecule has 0 saturated heterocycles. The van der Waals surface area contributed by atoms with Crippen molar-refractivity contribution in [1.82, 2.24) is 10.1 Å². The molecule has 1 aromatic heterocycles. The van der Waals surface area contributed by atoms with Crippen LogP contribution in [-0.4, -0.2) is 10.1 Å². The first-order valence-corrected chi connectivity index (χ1v) is 6.93. The Balaban J connectivity index is 1.89. The molecule has 0 amide bonds. The standard InChI is InChI=1S/C17H13ClN2O/c1-12-6-5-7-13(10-12)11-15(18)17-19-16(20-21-17)14-8-3-2-4-9-14/h2-11H,1H3/b15-11-. The van der Waals surface area contributed by atoms with E-state index in [1.165, 1.54) is 5.56 Å². The SMILES string of the molecule is Cc1cccc(/C=C(\Cl)c2nc(-c3ccccc3)no2)c1. The van der Waals surface area contributed by atoms with E-state index in [-0.39, 0.29) is 0 Å². The van der Waals surface area contributed by atoms with Crippen molar-refractivity contribution < 1.29 is 4.52 Å². The van der Waals surface area contributed by atoms with Crippen molar-refractivity contribution in [2.75, 3.05) is 0 Å². The molecule has 0 aliphatic rings. The Morgan fingerprint density at radius 2 is 1.90 bits per heavy atom. The van der Waals surface area contributed by atoms with Gasteiger partial charge in [-0.3, -0.25) is 0 Å². The fourth-order valence-corrected chi connectivity index (χ4v) is 2.20. The van der Waals surface area contributed by atoms with E-state index in [0.29, 0.717) is 16.7 Å². The Morgan fingerprint density at radius 3 is 2.67 bits per heavy atom. The predicted octanol–water partition coefficient (Wildman–Crippen LogP) is 4.78. The zero-order valence-electron chi connectivity index (χ0n) is 11.5. The Labute approximate surface area is 127 Å². The second-order valence-corrected chi connectivity index (χ2v) is 5.10. The molecular formula is C17H13ClN2O. The van der Waals surface area contributed by atoms with Crippen LogP contribution in [0.5, 0.6) is 0 Å². The summed E-state index contributed by atoms with van der Waals surface area (Å²) in [5.41, 5.74) is 3.07. The molecule has 0 bridgehead atoms. The molecule has 21 heavy (non-hydrogen) atoms. The molecular weight excluding hydrogens is 284 g/mol. The third kappa shape index (κ3) is 3.20. The summed E-state index contributed by atoms with van der Waals surface area (Å²) in [5.74, 6) is 0.846. The normalized spacial score (nSPS) is 11.6. The molecule has 0 fully saturated rings. The molecule has 0 atom stereocenters. The smallest absolute Gasteiger partial charge is 0.269 e. The molecule has 0 N–H and O–H groups in total. The van der Waals surface area contributed by atoms with Crippen LogP contribution in [0.25, 0.3) is 22.5 Å². The van der Waals surface area contributed by atoms with Gasteiger partial charge in [0.15, 0.2) is 0 Å². The van der Waals surface area contributed by atoms with E-state index >= 15 is 0 Å². The monoisotopic (exact) mass is 296 g/mol. The molecule has 0 aliphatic heterocycles. The van der Waals surface area contributed by atoms with Crippen molar-refractivity contribution in [2.24, 2.45) is 0 Å². The minimum atomic E-state index is 0.317. The number of aromatic nitrogens is 2. The highest BCUT2D eigenvalue weighted by molar-refractivity contribution is 6.50. The first-order chi connectivity index (χ1) is 10.2. The van der Waals surface area contributed by atoms with Gasteiger partial charge in [0.25, 0.3) is 5.89 Å². The van der Waals surface area contributed by atoms with E-state index in [9.17, 15) is 0 Å². The van der Waals surface area contributed by atoms with Crippen LogP contribution in [0.1, 0.15) is 17.0 Å². The molecule has 104 valence electrons. The molecule has 0 radical (unpaired) electrons. The summed E-state index contributed by atoms with van der Waals surface area (Å²) in [6.07, 6.45) is 1.82. The lowest BCUT2D eigenvalue weighted by atomic mass is 10.1. The van der Waals surface area contributed by atoms with Crippen LogP contribution in [0, 0.1) is 6.92 Å². The highest BCUT2D eigenvalue weighted by atomic mass is 35.5. The van der Waals surface area contributed by atoms with Gasteiger partial charge >= 0.3 is 0 Å². The number of halogens is 1. The molecule has 1 heterocycles. The quantitative estimate of drug-likeness (QED) is 0.698. The maximum Gasteiger partial charge on any atom is 0.269 e. The highest BCUT2D eigenvalue weighted by Crippen LogP contribution is 2.24. The Morgan fingerprint density at radius 1 is 1.10 bits per heavy atom. The van der Waals surface area contributed by atoms with Crippen LogP contribution >= 0.6 is 11.6 Å². The third-order valence-electron chi connectivity index (χ3n) is 3.00. The van der Waals surface area contributed by atoms with Crippen LogP contribution in [0.4, 0.5) is 0 Å². The van der Waals surface area contributed by atoms with Crippen LogP contribution in [-0.2, 0) is 0 Å². The van der Waals surface area contributed by atoms with Crippen LogP contribution in [0.3, 0.4) is 0 Å². The zero-order chi connectivity index (χ0) is 14.7. The van der Waals surface area contributed by atoms with Gasteiger partial charge in [-0.15, -0.1) is 0 Å². The zero-order valence-corrected chi connectivity index (χ0v) is 12.2. The van der Waals surface area contributed by atoms with Crippen LogP contribution < -0.4 is 0 Å². The van der Waals surface area contributed by atoms with Crippen molar-refractivity contribution in [2.45, 2.75) is 6.92 Å². The largest absolute Gasteiger partial charge is 0.333 e. The van der Waals surface area contributed by atoms with E-state index in [1.54, 1.807) is 0 Å². The Hall–Kier alpha value is -2.39. The van der Waals surface area contributed by atoms with Gasteiger partial charge in [-0.2, -0.15) is 4.98 Å². The minimum absolute atomic E-state index is 0.317. The van der Waals surface area contributed by atoms with Gasteiger partial charge in [-0.25, -0.2) is 0 Å². The Kier molecular flexibility index (Phi) is 3.84. The molecule has 0 saturated carbocycles. The number of nitrogens with zero attached hydrogens (tertiary/aromatic N) is 2. The van der Waals surface area contributed by atoms with Gasteiger partial charge in [0.2, 0.25) is 5.82 Å². The lowest BCUT2D eigenvalue weighted by molar-refractivity contribution is 0.410. The lowest BCUT2D eigenvalue weighted by Crippen LogP contribution is -1.81. The molecule has 0 unspecified atom stereocenters. The van der Waals surface area contributed by atoms with E-state index in [4.69, 9.17) is 16.1 Å². The predicted molar refractivity (Wildman–Crippen MR) is 84.6 cm³/mol. The van der Waals surface area contributed by atoms with Crippen molar-refractivity contribution in [1.29, 1.82) is 0 Å². The maximum absolute atomic E-state index is 6.26. The van der Waals surface area contributed by atoms with E-state index in [1.807, 2.05) is 67.6 Å². The van der Waals surface area contributed by atoms with Gasteiger partial charge in [0, 0.05) is 5.56 Å². The maximum atomic E-state index is 6.26. The number of hydrogen-bond acceptors (Lipinski definition) is 3. The molecule has 3 rings (SSSR count). The average molecular weight is 297 g/mol. The van der Waals surface area contributed by atoms with Crippen LogP contribution in [0.2, 0.25) is 0 Å². The first kappa shape index (κ1) is 13.6. The first-order valence-electron chi connectivity index (χ1n) is 6.56.